The summed E-state index contributed by atoms with van der Waals surface area (Å²) in [4.78, 5) is 0.203. The molecule has 0 atom stereocenters. The molecule has 0 amide bonds. The van der Waals surface area contributed by atoms with Crippen LogP contribution in [0.15, 0.2) is 53.4 Å². The van der Waals surface area contributed by atoms with Crippen LogP contribution in [0.1, 0.15) is 18.1 Å². The molecule has 0 spiro atoms. The molecule has 7 nitrogen and oxygen atoms in total. The summed E-state index contributed by atoms with van der Waals surface area (Å²) in [6.45, 7) is 6.22. The van der Waals surface area contributed by atoms with Crippen LogP contribution in [-0.4, -0.2) is 38.4 Å². The Balaban J connectivity index is 1.54. The van der Waals surface area contributed by atoms with Gasteiger partial charge in [0.1, 0.15) is 12.4 Å². The number of halogens is 1. The van der Waals surface area contributed by atoms with Crippen LogP contribution < -0.4 is 14.2 Å². The van der Waals surface area contributed by atoms with Crippen LogP contribution in [0.5, 0.6) is 11.6 Å². The number of benzene rings is 2. The molecular weight excluding hydrogens is 438 g/mol. The Bertz CT molecular complexity index is 1130. The summed E-state index contributed by atoms with van der Waals surface area (Å²) >= 11 is 6.05. The first-order valence-corrected chi connectivity index (χ1v) is 11.6. The van der Waals surface area contributed by atoms with E-state index in [1.54, 1.807) is 38.1 Å². The van der Waals surface area contributed by atoms with Gasteiger partial charge < -0.3 is 9.47 Å². The zero-order valence-electron chi connectivity index (χ0n) is 17.6. The largest absolute Gasteiger partial charge is 0.494 e. The number of ether oxygens (including phenoxy) is 2. The van der Waals surface area contributed by atoms with Crippen molar-refractivity contribution in [2.75, 3.05) is 19.8 Å². The molecule has 3 aromatic rings. The van der Waals surface area contributed by atoms with Crippen molar-refractivity contribution in [2.45, 2.75) is 25.7 Å². The van der Waals surface area contributed by atoms with E-state index in [0.29, 0.717) is 34.3 Å². The minimum Gasteiger partial charge on any atom is -0.494 e. The van der Waals surface area contributed by atoms with Gasteiger partial charge in [-0.1, -0.05) is 11.6 Å². The Morgan fingerprint density at radius 3 is 2.35 bits per heavy atom. The van der Waals surface area contributed by atoms with Crippen molar-refractivity contribution >= 4 is 21.6 Å². The lowest BCUT2D eigenvalue weighted by molar-refractivity contribution is 0.307. The second-order valence-corrected chi connectivity index (χ2v) is 8.97. The molecule has 1 aromatic heterocycles. The fourth-order valence-electron chi connectivity index (χ4n) is 2.89. The van der Waals surface area contributed by atoms with Gasteiger partial charge in [-0.05, 0) is 74.4 Å². The number of nitrogens with zero attached hydrogens (tertiary/aromatic N) is 2. The van der Waals surface area contributed by atoms with E-state index in [9.17, 15) is 8.42 Å². The lowest BCUT2D eigenvalue weighted by Crippen LogP contribution is -2.29. The first-order valence-electron chi connectivity index (χ1n) is 9.76. The van der Waals surface area contributed by atoms with Crippen LogP contribution in [0.3, 0.4) is 0 Å². The maximum atomic E-state index is 12.5. The van der Waals surface area contributed by atoms with Gasteiger partial charge in [0.25, 0.3) is 0 Å². The third-order valence-corrected chi connectivity index (χ3v) is 6.50. The Morgan fingerprint density at radius 2 is 1.71 bits per heavy atom. The molecule has 0 saturated carbocycles. The molecule has 31 heavy (non-hydrogen) atoms. The number of hydrogen-bond acceptors (Lipinski definition) is 6. The molecule has 3 rings (SSSR count). The number of aromatic nitrogens is 2. The zero-order valence-corrected chi connectivity index (χ0v) is 19.1. The maximum absolute atomic E-state index is 12.5. The molecule has 1 heterocycles. The zero-order chi connectivity index (χ0) is 22.4. The van der Waals surface area contributed by atoms with Crippen molar-refractivity contribution in [1.82, 2.24) is 14.9 Å². The van der Waals surface area contributed by atoms with Crippen LogP contribution >= 0.6 is 11.6 Å². The first kappa shape index (κ1) is 23.0. The Labute approximate surface area is 187 Å². The molecule has 0 aliphatic heterocycles. The molecule has 0 saturated heterocycles. The third kappa shape index (κ3) is 5.94. The topological polar surface area (TPSA) is 90.4 Å². The van der Waals surface area contributed by atoms with E-state index in [-0.39, 0.29) is 18.0 Å². The lowest BCUT2D eigenvalue weighted by Gasteiger charge is -2.11. The van der Waals surface area contributed by atoms with Crippen LogP contribution in [0.25, 0.3) is 11.3 Å². The fraction of sp³-hybridized carbons (Fsp3) is 0.273. The summed E-state index contributed by atoms with van der Waals surface area (Å²) in [6, 6.07) is 14.3. The number of rotatable bonds is 9. The highest BCUT2D eigenvalue weighted by molar-refractivity contribution is 7.89. The van der Waals surface area contributed by atoms with E-state index in [2.05, 4.69) is 14.9 Å². The molecule has 0 unspecified atom stereocenters. The van der Waals surface area contributed by atoms with Crippen molar-refractivity contribution in [1.29, 1.82) is 0 Å². The van der Waals surface area contributed by atoms with E-state index in [0.717, 1.165) is 11.3 Å². The monoisotopic (exact) mass is 461 g/mol. The van der Waals surface area contributed by atoms with E-state index in [4.69, 9.17) is 21.1 Å². The molecule has 9 heteroatoms. The quantitative estimate of drug-likeness (QED) is 0.481. The van der Waals surface area contributed by atoms with Gasteiger partial charge in [-0.2, -0.15) is 0 Å². The predicted octanol–water partition coefficient (Wildman–Crippen LogP) is 4.17. The molecule has 164 valence electrons. The summed E-state index contributed by atoms with van der Waals surface area (Å²) in [5.74, 6) is 1.11. The molecule has 2 aromatic carbocycles. The van der Waals surface area contributed by atoms with Gasteiger partial charge in [-0.25, -0.2) is 13.1 Å². The van der Waals surface area contributed by atoms with Gasteiger partial charge in [-0.15, -0.1) is 10.2 Å². The minimum atomic E-state index is -3.67. The maximum Gasteiger partial charge on any atom is 0.240 e. The van der Waals surface area contributed by atoms with Crippen LogP contribution in [0.4, 0.5) is 0 Å². The Kier molecular flexibility index (Phi) is 7.48. The average Bonchev–Trinajstić information content (AvgIpc) is 2.75. The summed E-state index contributed by atoms with van der Waals surface area (Å²) in [5.41, 5.74) is 2.89. The summed E-state index contributed by atoms with van der Waals surface area (Å²) in [7, 11) is -3.67. The SMILES string of the molecule is CCOc1ccc(-c2ccc(OCCNS(=O)(=O)c3cc(C)c(Cl)cc3C)nn2)cc1. The van der Waals surface area contributed by atoms with Gasteiger partial charge in [0.05, 0.1) is 17.2 Å². The van der Waals surface area contributed by atoms with Crippen LogP contribution in [-0.2, 0) is 10.0 Å². The van der Waals surface area contributed by atoms with E-state index in [1.807, 2.05) is 31.2 Å². The van der Waals surface area contributed by atoms with Gasteiger partial charge in [0, 0.05) is 23.2 Å². The van der Waals surface area contributed by atoms with Gasteiger partial charge in [0.2, 0.25) is 15.9 Å². The minimum absolute atomic E-state index is 0.0891. The number of sulfonamides is 1. The smallest absolute Gasteiger partial charge is 0.240 e. The summed E-state index contributed by atoms with van der Waals surface area (Å²) < 4.78 is 38.6. The van der Waals surface area contributed by atoms with Crippen LogP contribution in [0.2, 0.25) is 5.02 Å². The third-order valence-electron chi connectivity index (χ3n) is 4.49. The van der Waals surface area contributed by atoms with Crippen molar-refractivity contribution in [3.63, 3.8) is 0 Å². The summed E-state index contributed by atoms with van der Waals surface area (Å²) in [5, 5.41) is 8.74. The van der Waals surface area contributed by atoms with Crippen molar-refractivity contribution in [3.05, 3.63) is 64.7 Å². The van der Waals surface area contributed by atoms with Crippen molar-refractivity contribution < 1.29 is 17.9 Å². The Hall–Kier alpha value is -2.68. The second-order valence-electron chi connectivity index (χ2n) is 6.83. The molecule has 1 N–H and O–H groups in total. The van der Waals surface area contributed by atoms with Gasteiger partial charge in [0.15, 0.2) is 0 Å². The van der Waals surface area contributed by atoms with Gasteiger partial charge in [-0.3, -0.25) is 0 Å². The highest BCUT2D eigenvalue weighted by Gasteiger charge is 2.17. The molecule has 0 bridgehead atoms. The molecule has 0 aliphatic rings. The fourth-order valence-corrected chi connectivity index (χ4v) is 4.43. The van der Waals surface area contributed by atoms with Crippen molar-refractivity contribution in [2.24, 2.45) is 0 Å². The van der Waals surface area contributed by atoms with E-state index >= 15 is 0 Å². The van der Waals surface area contributed by atoms with E-state index < -0.39 is 10.0 Å². The lowest BCUT2D eigenvalue weighted by atomic mass is 10.1. The average molecular weight is 462 g/mol. The Morgan fingerprint density at radius 1 is 0.968 bits per heavy atom. The van der Waals surface area contributed by atoms with Crippen LogP contribution in [0, 0.1) is 13.8 Å². The number of aryl methyl sites for hydroxylation is 2. The van der Waals surface area contributed by atoms with Crippen molar-refractivity contribution in [3.8, 4) is 22.9 Å². The standard InChI is InChI=1S/C22H24ClN3O4S/c1-4-29-18-7-5-17(6-8-18)20-9-10-22(26-25-20)30-12-11-24-31(27,28)21-14-15(2)19(23)13-16(21)3/h5-10,13-14,24H,4,11-12H2,1-3H3. The predicted molar refractivity (Wildman–Crippen MR) is 120 cm³/mol. The highest BCUT2D eigenvalue weighted by Crippen LogP contribution is 2.24. The highest BCUT2D eigenvalue weighted by atomic mass is 35.5. The molecule has 0 aliphatic carbocycles. The number of hydrogen-bond donors (Lipinski definition) is 1. The second kappa shape index (κ2) is 10.1. The van der Waals surface area contributed by atoms with E-state index in [1.165, 1.54) is 0 Å². The van der Waals surface area contributed by atoms with Gasteiger partial charge >= 0.3 is 0 Å². The normalized spacial score (nSPS) is 11.4. The number of nitrogens with one attached hydrogen (secondary N) is 1. The molecular formula is C22H24ClN3O4S. The first-order chi connectivity index (χ1) is 14.8. The molecule has 0 fully saturated rings. The molecule has 0 radical (unpaired) electrons. The summed E-state index contributed by atoms with van der Waals surface area (Å²) in [6.07, 6.45) is 0.